The van der Waals surface area contributed by atoms with E-state index in [1.807, 2.05) is 72.8 Å². The molecule has 0 spiro atoms. The lowest BCUT2D eigenvalue weighted by Crippen LogP contribution is -2.61. The molecular weight excluding hydrogens is 1380 g/mol. The number of hydrogen-bond acceptors (Lipinski definition) is 15. The van der Waals surface area contributed by atoms with Gasteiger partial charge in [0.2, 0.25) is 53.2 Å². The van der Waals surface area contributed by atoms with Crippen LogP contribution in [0.3, 0.4) is 0 Å². The fourth-order valence-corrected chi connectivity index (χ4v) is 13.4. The van der Waals surface area contributed by atoms with Gasteiger partial charge in [0.05, 0.1) is 18.8 Å². The summed E-state index contributed by atoms with van der Waals surface area (Å²) in [6.07, 6.45) is 1.51. The minimum atomic E-state index is -1.61. The van der Waals surface area contributed by atoms with Gasteiger partial charge in [0.25, 0.3) is 5.91 Å². The standard InChI is InChI=1S/C81H99N11O16/c1-46(82-10)69(94)88-67(80(4,5)6)76(101)91-44-58-42-65(91)74(99)84-61(40-51-24-28-53-18-12-14-20-56(53)36-51)72(97)87-64(79(105)106)39-50-26-32-59(33-27-50)107-34-16-17-35-108-60-43-66(92(45-60)77(102)68(81(7,8)9)89-70(95)47(2)90(11)48(3)93)75(100)85-62(41-52-25-29-54-19-13-15-21-57(54)37-52)73(98)86-63(78(103)104)38-49-22-30-55(31-23-49)71(96)83-58/h12-33,36-37,46-47,58,60-68,82H,34-35,38-45H2,1-11H3,(H,83,96)(H,84,99)(H,85,100)(H,86,98)(H,87,97)(H,88,94)(H,89,95)(H,103,104)(H,105,106)/b17-16+/t46-,47-,58-,60-,61-,62-,63-,64-,65-,66?,67+,68+/m0/s1. The van der Waals surface area contributed by atoms with Gasteiger partial charge in [-0.05, 0) is 112 Å². The highest BCUT2D eigenvalue weighted by atomic mass is 16.5. The average Bonchev–Trinajstić information content (AvgIpc) is 1.59. The molecule has 2 fully saturated rings. The van der Waals surface area contributed by atoms with Crippen LogP contribution in [0.25, 0.3) is 21.5 Å². The van der Waals surface area contributed by atoms with Gasteiger partial charge >= 0.3 is 11.9 Å². The Hall–Kier alpha value is -11.1. The molecule has 0 saturated carbocycles. The van der Waals surface area contributed by atoms with E-state index < -0.39 is 154 Å². The van der Waals surface area contributed by atoms with Crippen LogP contribution in [-0.4, -0.2) is 209 Å². The average molecular weight is 1480 g/mol. The number of benzene rings is 6. The third kappa shape index (κ3) is 21.0. The highest BCUT2D eigenvalue weighted by Crippen LogP contribution is 2.31. The molecule has 108 heavy (non-hydrogen) atoms. The summed E-state index contributed by atoms with van der Waals surface area (Å²) in [5.74, 6) is -9.22. The fraction of sp³-hybridized carbons (Fsp3) is 0.432. The van der Waals surface area contributed by atoms with Crippen LogP contribution in [0, 0.1) is 10.8 Å². The van der Waals surface area contributed by atoms with Crippen LogP contribution in [0.1, 0.15) is 108 Å². The Bertz CT molecular complexity index is 4360. The Kier molecular flexibility index (Phi) is 26.7. The van der Waals surface area contributed by atoms with E-state index in [1.165, 1.54) is 59.9 Å². The van der Waals surface area contributed by atoms with Crippen LogP contribution < -0.4 is 47.3 Å². The summed E-state index contributed by atoms with van der Waals surface area (Å²) in [5, 5.41) is 47.4. The number of ether oxygens (including phenoxy) is 2. The van der Waals surface area contributed by atoms with Crippen LogP contribution in [0.15, 0.2) is 146 Å². The van der Waals surface area contributed by atoms with Crippen molar-refractivity contribution >= 4 is 92.6 Å². The predicted octanol–water partition coefficient (Wildman–Crippen LogP) is 4.54. The number of carboxylic acid groups (broad SMARTS) is 2. The third-order valence-electron chi connectivity index (χ3n) is 20.1. The van der Waals surface area contributed by atoms with Crippen LogP contribution in [0.2, 0.25) is 0 Å². The Morgan fingerprint density at radius 1 is 0.556 bits per heavy atom. The van der Waals surface area contributed by atoms with E-state index in [4.69, 9.17) is 9.47 Å². The normalized spacial score (nSPS) is 22.4. The van der Waals surface area contributed by atoms with Gasteiger partial charge in [-0.1, -0.05) is 157 Å². The summed E-state index contributed by atoms with van der Waals surface area (Å²) in [6.45, 7) is 14.5. The van der Waals surface area contributed by atoms with Crippen LogP contribution in [-0.2, 0) is 83.2 Å². The molecule has 0 aliphatic carbocycles. The Morgan fingerprint density at radius 3 is 1.48 bits per heavy atom. The predicted molar refractivity (Wildman–Crippen MR) is 404 cm³/mol. The van der Waals surface area contributed by atoms with Crippen molar-refractivity contribution in [3.8, 4) is 5.75 Å². The molecule has 10 amide bonds. The molecule has 6 aromatic carbocycles. The van der Waals surface area contributed by atoms with E-state index in [2.05, 4.69) is 42.5 Å². The molecule has 8 bridgehead atoms. The number of nitrogens with zero attached hydrogens (tertiary/aromatic N) is 3. The fourth-order valence-electron chi connectivity index (χ4n) is 13.4. The summed E-state index contributed by atoms with van der Waals surface area (Å²) >= 11 is 0. The van der Waals surface area contributed by atoms with Crippen LogP contribution in [0.5, 0.6) is 5.75 Å². The lowest BCUT2D eigenvalue weighted by atomic mass is 9.85. The third-order valence-corrected chi connectivity index (χ3v) is 20.1. The zero-order valence-electron chi connectivity index (χ0n) is 62.8. The molecule has 2 saturated heterocycles. The lowest BCUT2D eigenvalue weighted by molar-refractivity contribution is -0.146. The summed E-state index contributed by atoms with van der Waals surface area (Å²) in [7, 11) is 3.04. The van der Waals surface area contributed by atoms with Crippen molar-refractivity contribution < 1.29 is 77.2 Å². The first kappa shape index (κ1) is 81.0. The highest BCUT2D eigenvalue weighted by molar-refractivity contribution is 6.00. The molecule has 0 radical (unpaired) electrons. The minimum absolute atomic E-state index is 0.0267. The zero-order chi connectivity index (χ0) is 78.5. The number of fused-ring (bicyclic) bond motifs is 2. The molecule has 6 aromatic rings. The zero-order valence-corrected chi connectivity index (χ0v) is 62.8. The first-order valence-electron chi connectivity index (χ1n) is 36.3. The smallest absolute Gasteiger partial charge is 0.326 e. The van der Waals surface area contributed by atoms with E-state index in [1.54, 1.807) is 104 Å². The SMILES string of the molecule is CN[C@@H](C)C(=O)N[C@H](C(=O)N1C[C@@H]2C[C@H]1C(=O)N[C@@H](Cc1ccc3ccccc3c1)C(=O)N[C@H](C(=O)O)Cc1ccc(cc1)OC/C=C/CO[C@H]1CC(C(=O)N[C@@H](Cc3ccc4ccccc4c3)C(=O)N[C@H](C(=O)O)Cc3ccc(cc3)C(=O)N2)N(C(=O)[C@@H](NC(=O)[C@H](C)N(C)C(C)=O)C(C)(C)C)C1)C(C)(C)C. The van der Waals surface area contributed by atoms with Gasteiger partial charge < -0.3 is 76.9 Å². The van der Waals surface area contributed by atoms with E-state index >= 15 is 19.2 Å². The molecule has 6 heterocycles. The van der Waals surface area contributed by atoms with E-state index in [0.29, 0.717) is 28.0 Å². The monoisotopic (exact) mass is 1480 g/mol. The maximum absolute atomic E-state index is 15.2. The van der Waals surface area contributed by atoms with Crippen molar-refractivity contribution in [2.75, 3.05) is 40.4 Å². The number of likely N-dealkylation sites (tertiary alicyclic amines) is 2. The lowest BCUT2D eigenvalue weighted by Gasteiger charge is -2.36. The van der Waals surface area contributed by atoms with Crippen molar-refractivity contribution in [2.45, 2.75) is 173 Å². The van der Waals surface area contributed by atoms with E-state index in [-0.39, 0.29) is 70.4 Å². The number of carbonyl (C=O) groups excluding carboxylic acids is 10. The summed E-state index contributed by atoms with van der Waals surface area (Å²) in [6, 6.07) is 24.6. The second-order valence-corrected chi connectivity index (χ2v) is 30.3. The molecule has 27 nitrogen and oxygen atoms in total. The molecule has 6 aliphatic rings. The van der Waals surface area contributed by atoms with Gasteiger partial charge in [-0.2, -0.15) is 0 Å². The number of aliphatic carboxylic acids is 2. The van der Waals surface area contributed by atoms with E-state index in [0.717, 1.165) is 21.5 Å². The van der Waals surface area contributed by atoms with Crippen molar-refractivity contribution in [1.82, 2.24) is 57.2 Å². The molecule has 10 N–H and O–H groups in total. The van der Waals surface area contributed by atoms with Crippen molar-refractivity contribution in [3.63, 3.8) is 0 Å². The molecule has 12 rings (SSSR count). The van der Waals surface area contributed by atoms with Gasteiger partial charge in [-0.3, -0.25) is 47.9 Å². The second-order valence-electron chi connectivity index (χ2n) is 30.3. The quantitative estimate of drug-likeness (QED) is 0.0669. The molecular formula is C81H99N11O16. The summed E-state index contributed by atoms with van der Waals surface area (Å²) < 4.78 is 12.3. The molecule has 27 heteroatoms. The van der Waals surface area contributed by atoms with Gasteiger partial charge in [0, 0.05) is 70.8 Å². The molecule has 6 aliphatic heterocycles. The number of carbonyl (C=O) groups is 12. The Balaban J connectivity index is 1.05. The highest BCUT2D eigenvalue weighted by Gasteiger charge is 2.49. The first-order valence-corrected chi connectivity index (χ1v) is 36.3. The largest absolute Gasteiger partial charge is 0.490 e. The van der Waals surface area contributed by atoms with Gasteiger partial charge in [-0.15, -0.1) is 0 Å². The van der Waals surface area contributed by atoms with Gasteiger partial charge in [-0.25, -0.2) is 9.59 Å². The molecule has 0 aromatic heterocycles. The first-order chi connectivity index (χ1) is 51.1. The number of carboxylic acids is 2. The Morgan fingerprint density at radius 2 is 1.01 bits per heavy atom. The number of rotatable bonds is 14. The van der Waals surface area contributed by atoms with Crippen LogP contribution in [0.4, 0.5) is 0 Å². The van der Waals surface area contributed by atoms with Gasteiger partial charge in [0.15, 0.2) is 0 Å². The van der Waals surface area contributed by atoms with Crippen molar-refractivity contribution in [1.29, 1.82) is 0 Å². The maximum atomic E-state index is 15.2. The van der Waals surface area contributed by atoms with Crippen molar-refractivity contribution in [3.05, 3.63) is 173 Å². The van der Waals surface area contributed by atoms with Gasteiger partial charge in [0.1, 0.15) is 66.7 Å². The summed E-state index contributed by atoms with van der Waals surface area (Å²) in [4.78, 5) is 175. The molecule has 574 valence electrons. The van der Waals surface area contributed by atoms with Crippen molar-refractivity contribution in [2.24, 2.45) is 10.8 Å². The Labute approximate surface area is 628 Å². The van der Waals surface area contributed by atoms with E-state index in [9.17, 15) is 48.6 Å². The number of hydrogen-bond donors (Lipinski definition) is 10. The second kappa shape index (κ2) is 35.6. The molecule has 12 atom stereocenters. The maximum Gasteiger partial charge on any atom is 0.326 e. The number of likely N-dealkylation sites (N-methyl/N-ethyl adjacent to an activating group) is 2. The minimum Gasteiger partial charge on any atom is -0.490 e. The van der Waals surface area contributed by atoms with Crippen LogP contribution >= 0.6 is 0 Å². The number of amides is 10. The summed E-state index contributed by atoms with van der Waals surface area (Å²) in [5.41, 5.74) is 0.247. The molecule has 1 unspecified atom stereocenters. The number of nitrogens with one attached hydrogen (secondary N) is 8. The topological polar surface area (TPSA) is 370 Å².